The third kappa shape index (κ3) is 3.72. The van der Waals surface area contributed by atoms with Crippen molar-refractivity contribution in [3.63, 3.8) is 0 Å². The molecule has 0 N–H and O–H groups in total. The van der Waals surface area contributed by atoms with Gasteiger partial charge in [-0.25, -0.2) is 0 Å². The summed E-state index contributed by atoms with van der Waals surface area (Å²) >= 11 is 0. The Morgan fingerprint density at radius 1 is 1.11 bits per heavy atom. The lowest BCUT2D eigenvalue weighted by molar-refractivity contribution is -0.132. The maximum Gasteiger partial charge on any atom is 0.270 e. The molecule has 2 rings (SSSR count). The van der Waals surface area contributed by atoms with Gasteiger partial charge in [0.1, 0.15) is 5.75 Å². The van der Waals surface area contributed by atoms with Crippen LogP contribution in [0, 0.1) is 6.92 Å². The molecule has 1 aromatic carbocycles. The highest BCUT2D eigenvalue weighted by atomic mass is 16.5. The first kappa shape index (κ1) is 17.5. The number of hydrogen-bond acceptors (Lipinski definition) is 2. The van der Waals surface area contributed by atoms with Crippen LogP contribution >= 0.6 is 0 Å². The van der Waals surface area contributed by atoms with Crippen LogP contribution in [0.15, 0.2) is 18.2 Å². The van der Waals surface area contributed by atoms with E-state index < -0.39 is 5.60 Å². The second kappa shape index (κ2) is 7.17. The van der Waals surface area contributed by atoms with Crippen molar-refractivity contribution in [2.45, 2.75) is 54.1 Å². The number of nitrogens with zero attached hydrogens (tertiary/aromatic N) is 1. The van der Waals surface area contributed by atoms with Crippen molar-refractivity contribution in [2.24, 2.45) is 0 Å². The van der Waals surface area contributed by atoms with E-state index in [1.165, 1.54) is 0 Å². The van der Waals surface area contributed by atoms with E-state index in [4.69, 9.17) is 4.74 Å². The molecular weight excluding hydrogens is 238 g/mol. The number of ether oxygens (including phenoxy) is 1. The van der Waals surface area contributed by atoms with Crippen LogP contribution in [-0.2, 0) is 4.79 Å². The number of aryl methyl sites for hydroxylation is 1. The fraction of sp³-hybridized carbons (Fsp3) is 0.562. The molecule has 108 valence electrons. The summed E-state index contributed by atoms with van der Waals surface area (Å²) in [4.78, 5) is 13.6. The molecule has 1 aromatic rings. The Hall–Kier alpha value is -1.51. The van der Waals surface area contributed by atoms with Gasteiger partial charge < -0.3 is 9.64 Å². The summed E-state index contributed by atoms with van der Waals surface area (Å²) in [5.41, 5.74) is 1.20. The standard InChI is InChI=1S/C12H15NO2.2C2H6/c1-8-5-6-10-9(7-8)13(4)11(14)12(2,3)15-10;2*1-2/h5-7H,1-4H3;2*1-2H3. The normalized spacial score (nSPS) is 15.2. The minimum atomic E-state index is -0.767. The van der Waals surface area contributed by atoms with Gasteiger partial charge in [0.05, 0.1) is 5.69 Å². The Labute approximate surface area is 117 Å². The number of fused-ring (bicyclic) bond motifs is 1. The average Bonchev–Trinajstić information content (AvgIpc) is 2.42. The highest BCUT2D eigenvalue weighted by molar-refractivity contribution is 6.01. The van der Waals surface area contributed by atoms with Crippen LogP contribution in [0.4, 0.5) is 5.69 Å². The van der Waals surface area contributed by atoms with Crippen LogP contribution in [0.3, 0.4) is 0 Å². The number of carbonyl (C=O) groups is 1. The van der Waals surface area contributed by atoms with Crippen LogP contribution in [-0.4, -0.2) is 18.6 Å². The fourth-order valence-electron chi connectivity index (χ4n) is 1.81. The van der Waals surface area contributed by atoms with Crippen LogP contribution in [0.2, 0.25) is 0 Å². The van der Waals surface area contributed by atoms with Crippen molar-refractivity contribution in [2.75, 3.05) is 11.9 Å². The topological polar surface area (TPSA) is 29.5 Å². The van der Waals surface area contributed by atoms with Crippen LogP contribution < -0.4 is 9.64 Å². The zero-order valence-corrected chi connectivity index (χ0v) is 13.5. The summed E-state index contributed by atoms with van der Waals surface area (Å²) in [6.07, 6.45) is 0. The maximum absolute atomic E-state index is 11.9. The van der Waals surface area contributed by atoms with E-state index in [0.717, 1.165) is 17.0 Å². The Morgan fingerprint density at radius 2 is 1.63 bits per heavy atom. The Kier molecular flexibility index (Phi) is 6.60. The average molecular weight is 265 g/mol. The van der Waals surface area contributed by atoms with Crippen molar-refractivity contribution in [3.05, 3.63) is 23.8 Å². The molecule has 0 radical (unpaired) electrons. The molecule has 0 bridgehead atoms. The number of anilines is 1. The Balaban J connectivity index is 0.000000741. The van der Waals surface area contributed by atoms with Gasteiger partial charge in [-0.1, -0.05) is 33.8 Å². The molecule has 0 unspecified atom stereocenters. The van der Waals surface area contributed by atoms with Gasteiger partial charge in [0.2, 0.25) is 0 Å². The zero-order chi connectivity index (χ0) is 15.2. The second-order valence-electron chi connectivity index (χ2n) is 4.45. The predicted molar refractivity (Wildman–Crippen MR) is 82.0 cm³/mol. The van der Waals surface area contributed by atoms with Gasteiger partial charge in [0.15, 0.2) is 5.60 Å². The lowest BCUT2D eigenvalue weighted by Gasteiger charge is -2.36. The van der Waals surface area contributed by atoms with E-state index in [-0.39, 0.29) is 5.91 Å². The number of hydrogen-bond donors (Lipinski definition) is 0. The summed E-state index contributed by atoms with van der Waals surface area (Å²) < 4.78 is 5.67. The van der Waals surface area contributed by atoms with Crippen molar-refractivity contribution >= 4 is 11.6 Å². The lowest BCUT2D eigenvalue weighted by Crippen LogP contribution is -2.50. The summed E-state index contributed by atoms with van der Waals surface area (Å²) in [5, 5.41) is 0. The van der Waals surface area contributed by atoms with E-state index in [1.54, 1.807) is 25.8 Å². The molecule has 0 saturated carbocycles. The van der Waals surface area contributed by atoms with E-state index in [9.17, 15) is 4.79 Å². The molecule has 3 heteroatoms. The molecule has 0 saturated heterocycles. The number of likely N-dealkylation sites (N-methyl/N-ethyl adjacent to an activating group) is 1. The molecule has 1 heterocycles. The molecule has 1 aliphatic heterocycles. The van der Waals surface area contributed by atoms with Gasteiger partial charge in [0, 0.05) is 7.05 Å². The Bertz CT molecular complexity index is 425. The maximum atomic E-state index is 11.9. The van der Waals surface area contributed by atoms with Crippen LogP contribution in [0.25, 0.3) is 0 Å². The first-order valence-electron chi connectivity index (χ1n) is 6.99. The molecule has 0 atom stereocenters. The third-order valence-corrected chi connectivity index (χ3v) is 2.66. The highest BCUT2D eigenvalue weighted by Crippen LogP contribution is 2.37. The van der Waals surface area contributed by atoms with Crippen LogP contribution in [0.1, 0.15) is 47.1 Å². The van der Waals surface area contributed by atoms with Gasteiger partial charge in [-0.05, 0) is 38.5 Å². The molecule has 0 fully saturated rings. The molecule has 1 aliphatic rings. The molecule has 1 amide bonds. The molecule has 19 heavy (non-hydrogen) atoms. The monoisotopic (exact) mass is 265 g/mol. The summed E-state index contributed by atoms with van der Waals surface area (Å²) in [6.45, 7) is 13.6. The molecule has 0 spiro atoms. The number of amides is 1. The first-order chi connectivity index (χ1) is 8.92. The van der Waals surface area contributed by atoms with Crippen molar-refractivity contribution < 1.29 is 9.53 Å². The molecule has 0 aromatic heterocycles. The van der Waals surface area contributed by atoms with Crippen molar-refractivity contribution in [3.8, 4) is 5.75 Å². The van der Waals surface area contributed by atoms with Crippen molar-refractivity contribution in [1.82, 2.24) is 0 Å². The van der Waals surface area contributed by atoms with Gasteiger partial charge in [0.25, 0.3) is 5.91 Å². The van der Waals surface area contributed by atoms with E-state index >= 15 is 0 Å². The van der Waals surface area contributed by atoms with Gasteiger partial charge in [-0.15, -0.1) is 0 Å². The molecule has 0 aliphatic carbocycles. The summed E-state index contributed by atoms with van der Waals surface area (Å²) in [6, 6.07) is 5.86. The largest absolute Gasteiger partial charge is 0.476 e. The minimum Gasteiger partial charge on any atom is -0.476 e. The predicted octanol–water partition coefficient (Wildman–Crippen LogP) is 4.18. The smallest absolute Gasteiger partial charge is 0.270 e. The second-order valence-corrected chi connectivity index (χ2v) is 4.45. The molecular formula is C16H27NO2. The SMILES string of the molecule is CC.CC.Cc1ccc2c(c1)N(C)C(=O)C(C)(C)O2. The van der Waals surface area contributed by atoms with E-state index in [1.807, 2.05) is 52.8 Å². The third-order valence-electron chi connectivity index (χ3n) is 2.66. The summed E-state index contributed by atoms with van der Waals surface area (Å²) in [5.74, 6) is 0.758. The van der Waals surface area contributed by atoms with E-state index in [2.05, 4.69) is 0 Å². The number of carbonyl (C=O) groups excluding carboxylic acids is 1. The first-order valence-corrected chi connectivity index (χ1v) is 6.99. The number of rotatable bonds is 0. The number of benzene rings is 1. The highest BCUT2D eigenvalue weighted by Gasteiger charge is 2.38. The van der Waals surface area contributed by atoms with Crippen LogP contribution in [0.5, 0.6) is 5.75 Å². The minimum absolute atomic E-state index is 0.0133. The Morgan fingerprint density at radius 3 is 2.16 bits per heavy atom. The zero-order valence-electron chi connectivity index (χ0n) is 13.5. The fourth-order valence-corrected chi connectivity index (χ4v) is 1.81. The van der Waals surface area contributed by atoms with E-state index in [0.29, 0.717) is 0 Å². The summed E-state index contributed by atoms with van der Waals surface area (Å²) in [7, 11) is 1.78. The quantitative estimate of drug-likeness (QED) is 0.704. The van der Waals surface area contributed by atoms with Gasteiger partial charge >= 0.3 is 0 Å². The van der Waals surface area contributed by atoms with Crippen molar-refractivity contribution in [1.29, 1.82) is 0 Å². The molecule has 3 nitrogen and oxygen atoms in total. The lowest BCUT2D eigenvalue weighted by atomic mass is 10.0. The van der Waals surface area contributed by atoms with Gasteiger partial charge in [-0.3, -0.25) is 4.79 Å². The van der Waals surface area contributed by atoms with Gasteiger partial charge in [-0.2, -0.15) is 0 Å².